The summed E-state index contributed by atoms with van der Waals surface area (Å²) in [5, 5.41) is 11.6. The summed E-state index contributed by atoms with van der Waals surface area (Å²) in [6, 6.07) is 0. The van der Waals surface area contributed by atoms with Gasteiger partial charge in [0.1, 0.15) is 0 Å². The van der Waals surface area contributed by atoms with Crippen LogP contribution in [0.3, 0.4) is 0 Å². The van der Waals surface area contributed by atoms with E-state index in [-0.39, 0.29) is 32.0 Å². The van der Waals surface area contributed by atoms with Gasteiger partial charge in [0.25, 0.3) is 10.0 Å². The van der Waals surface area contributed by atoms with Crippen LogP contribution in [-0.4, -0.2) is 66.1 Å². The maximum atomic E-state index is 12.4. The maximum Gasteiger partial charge on any atom is 0.350 e. The van der Waals surface area contributed by atoms with Crippen LogP contribution in [0, 0.1) is 0 Å². The van der Waals surface area contributed by atoms with Crippen LogP contribution in [0.5, 0.6) is 0 Å². The molecule has 1 aliphatic heterocycles. The van der Waals surface area contributed by atoms with Crippen molar-refractivity contribution in [2.45, 2.75) is 25.1 Å². The van der Waals surface area contributed by atoms with Crippen LogP contribution >= 0.6 is 0 Å². The molecule has 1 saturated heterocycles. The van der Waals surface area contributed by atoms with Gasteiger partial charge in [-0.3, -0.25) is 4.90 Å². The number of hydrogen-bond acceptors (Lipinski definition) is 5. The van der Waals surface area contributed by atoms with E-state index in [1.165, 1.54) is 0 Å². The molecule has 0 bridgehead atoms. The second-order valence-electron chi connectivity index (χ2n) is 4.74. The zero-order valence-corrected chi connectivity index (χ0v) is 11.6. The number of hydrogen-bond donors (Lipinski definition) is 2. The first-order valence-corrected chi connectivity index (χ1v) is 7.14. The summed E-state index contributed by atoms with van der Waals surface area (Å²) in [4.78, 5) is 1.78. The summed E-state index contributed by atoms with van der Waals surface area (Å²) in [6.07, 6.45) is 0. The molecule has 7 nitrogen and oxygen atoms in total. The number of alkyl halides is 2. The highest BCUT2D eigenvalue weighted by molar-refractivity contribution is 7.89. The Morgan fingerprint density at radius 2 is 1.79 bits per heavy atom. The van der Waals surface area contributed by atoms with Gasteiger partial charge in [0.05, 0.1) is 5.54 Å². The third-order valence-corrected chi connectivity index (χ3v) is 4.88. The summed E-state index contributed by atoms with van der Waals surface area (Å²) in [6.45, 7) is 3.78. The molecule has 1 rings (SSSR count). The summed E-state index contributed by atoms with van der Waals surface area (Å²) in [7, 11) is -4.53. The molecule has 0 spiro atoms. The molecule has 3 N–H and O–H groups in total. The second kappa shape index (κ2) is 5.55. The quantitative estimate of drug-likeness (QED) is 0.321. The van der Waals surface area contributed by atoms with Crippen LogP contribution in [0.1, 0.15) is 13.8 Å². The first kappa shape index (κ1) is 16.1. The molecule has 0 aliphatic carbocycles. The lowest BCUT2D eigenvalue weighted by molar-refractivity contribution is 0.113. The van der Waals surface area contributed by atoms with Crippen LogP contribution in [0.25, 0.3) is 0 Å². The number of piperazine rings is 1. The molecule has 1 aliphatic rings. The summed E-state index contributed by atoms with van der Waals surface area (Å²) in [5.74, 6) is -3.42. The molecule has 0 aromatic rings. The number of sulfonamides is 1. The van der Waals surface area contributed by atoms with Crippen molar-refractivity contribution in [3.8, 4) is 0 Å². The molecule has 1 fully saturated rings. The van der Waals surface area contributed by atoms with Gasteiger partial charge in [-0.25, -0.2) is 8.42 Å². The van der Waals surface area contributed by atoms with Gasteiger partial charge in [-0.05, 0) is 13.8 Å². The average Bonchev–Trinajstić information content (AvgIpc) is 2.37. The molecule has 19 heavy (non-hydrogen) atoms. The van der Waals surface area contributed by atoms with Crippen LogP contribution < -0.4 is 5.73 Å². The number of nitrogens with two attached hydrogens (primary N) is 1. The van der Waals surface area contributed by atoms with Crippen molar-refractivity contribution in [3.05, 3.63) is 0 Å². The van der Waals surface area contributed by atoms with Gasteiger partial charge in [0, 0.05) is 26.2 Å². The topological polar surface area (TPSA) is 99.2 Å². The highest BCUT2D eigenvalue weighted by Gasteiger charge is 2.39. The van der Waals surface area contributed by atoms with E-state index < -0.39 is 21.3 Å². The second-order valence-corrected chi connectivity index (χ2v) is 6.64. The molecule has 0 amide bonds. The molecule has 0 saturated carbocycles. The van der Waals surface area contributed by atoms with Gasteiger partial charge in [-0.1, -0.05) is 5.16 Å². The third kappa shape index (κ3) is 3.12. The van der Waals surface area contributed by atoms with Gasteiger partial charge >= 0.3 is 5.76 Å². The minimum Gasteiger partial charge on any atom is -0.409 e. The Balaban J connectivity index is 2.74. The lowest BCUT2D eigenvalue weighted by Crippen LogP contribution is -2.60. The monoisotopic (exact) mass is 300 g/mol. The number of oxime groups is 1. The van der Waals surface area contributed by atoms with Crippen molar-refractivity contribution in [1.82, 2.24) is 9.21 Å². The normalized spacial score (nSPS) is 21.0. The fourth-order valence-corrected chi connectivity index (χ4v) is 2.80. The predicted molar refractivity (Wildman–Crippen MR) is 65.6 cm³/mol. The summed E-state index contributed by atoms with van der Waals surface area (Å²) >= 11 is 0. The van der Waals surface area contributed by atoms with Gasteiger partial charge in [-0.15, -0.1) is 0 Å². The van der Waals surface area contributed by atoms with Crippen LogP contribution in [0.15, 0.2) is 5.16 Å². The Morgan fingerprint density at radius 1 is 1.32 bits per heavy atom. The van der Waals surface area contributed by atoms with Crippen LogP contribution in [0.2, 0.25) is 0 Å². The van der Waals surface area contributed by atoms with Gasteiger partial charge in [0.15, 0.2) is 5.84 Å². The maximum absolute atomic E-state index is 12.4. The summed E-state index contributed by atoms with van der Waals surface area (Å²) in [5.41, 5.74) is 4.79. The molecule has 1 heterocycles. The van der Waals surface area contributed by atoms with Gasteiger partial charge in [0.2, 0.25) is 0 Å². The molecule has 0 radical (unpaired) electrons. The van der Waals surface area contributed by atoms with E-state index >= 15 is 0 Å². The largest absolute Gasteiger partial charge is 0.409 e. The van der Waals surface area contributed by atoms with Crippen molar-refractivity contribution >= 4 is 15.9 Å². The molecule has 10 heteroatoms. The molecular formula is C9H18F2N4O3S. The molecule has 0 atom stereocenters. The first-order chi connectivity index (χ1) is 8.64. The lowest BCUT2D eigenvalue weighted by atomic mass is 10.0. The third-order valence-electron chi connectivity index (χ3n) is 3.35. The average molecular weight is 300 g/mol. The smallest absolute Gasteiger partial charge is 0.350 e. The lowest BCUT2D eigenvalue weighted by Gasteiger charge is -2.42. The first-order valence-electron chi connectivity index (χ1n) is 5.64. The number of rotatable bonds is 4. The zero-order chi connectivity index (χ0) is 14.8. The molecular weight excluding hydrogens is 282 g/mol. The Morgan fingerprint density at radius 3 is 2.16 bits per heavy atom. The van der Waals surface area contributed by atoms with Crippen LogP contribution in [0.4, 0.5) is 8.78 Å². The van der Waals surface area contributed by atoms with Crippen molar-refractivity contribution in [1.29, 1.82) is 0 Å². The summed E-state index contributed by atoms with van der Waals surface area (Å²) < 4.78 is 48.2. The number of nitrogens with zero attached hydrogens (tertiary/aromatic N) is 3. The molecule has 0 unspecified atom stereocenters. The van der Waals surface area contributed by atoms with E-state index in [2.05, 4.69) is 5.16 Å². The fraction of sp³-hybridized carbons (Fsp3) is 0.889. The van der Waals surface area contributed by atoms with E-state index in [0.717, 1.165) is 4.31 Å². The standard InChI is InChI=1S/C9H18F2N4O3S/c1-9(2,7(12)13-16)14-3-5-15(6-4-14)19(17,18)8(10)11/h8,16H,3-6H2,1-2H3,(H2,12,13). The van der Waals surface area contributed by atoms with Gasteiger partial charge in [-0.2, -0.15) is 13.1 Å². The number of amidine groups is 1. The predicted octanol–water partition coefficient (Wildman–Crippen LogP) is -0.319. The van der Waals surface area contributed by atoms with E-state index in [9.17, 15) is 17.2 Å². The Kier molecular flexibility index (Phi) is 4.69. The van der Waals surface area contributed by atoms with E-state index in [0.29, 0.717) is 0 Å². The molecule has 112 valence electrons. The minimum atomic E-state index is -4.53. The van der Waals surface area contributed by atoms with Gasteiger partial charge < -0.3 is 10.9 Å². The minimum absolute atomic E-state index is 0.0160. The van der Waals surface area contributed by atoms with E-state index in [1.807, 2.05) is 0 Å². The van der Waals surface area contributed by atoms with Crippen molar-refractivity contribution < 1.29 is 22.4 Å². The highest BCUT2D eigenvalue weighted by atomic mass is 32.2. The zero-order valence-electron chi connectivity index (χ0n) is 10.8. The van der Waals surface area contributed by atoms with E-state index in [4.69, 9.17) is 10.9 Å². The molecule has 0 aromatic carbocycles. The van der Waals surface area contributed by atoms with Crippen molar-refractivity contribution in [2.75, 3.05) is 26.2 Å². The van der Waals surface area contributed by atoms with Crippen LogP contribution in [-0.2, 0) is 10.0 Å². The molecule has 0 aromatic heterocycles. The number of halogens is 2. The van der Waals surface area contributed by atoms with Crippen molar-refractivity contribution in [2.24, 2.45) is 10.9 Å². The Labute approximate surface area is 110 Å². The SMILES string of the molecule is CC(C)(C(N)=NO)N1CCN(S(=O)(=O)C(F)F)CC1. The highest BCUT2D eigenvalue weighted by Crippen LogP contribution is 2.20. The Bertz CT molecular complexity index is 444. The van der Waals surface area contributed by atoms with Crippen molar-refractivity contribution in [3.63, 3.8) is 0 Å². The Hall–Kier alpha value is -1.00. The fourth-order valence-electron chi connectivity index (χ4n) is 1.90. The van der Waals surface area contributed by atoms with E-state index in [1.54, 1.807) is 18.7 Å².